The van der Waals surface area contributed by atoms with Gasteiger partial charge in [0.2, 0.25) is 10.0 Å². The maximum atomic E-state index is 13.0. The van der Waals surface area contributed by atoms with Crippen LogP contribution in [0.25, 0.3) is 0 Å². The van der Waals surface area contributed by atoms with Gasteiger partial charge in [0, 0.05) is 25.8 Å². The molecule has 4 rings (SSSR count). The molecule has 3 aliphatic rings. The largest absolute Gasteiger partial charge is 0.388 e. The minimum Gasteiger partial charge on any atom is -0.388 e. The topological polar surface area (TPSA) is 103 Å². The van der Waals surface area contributed by atoms with E-state index in [2.05, 4.69) is 16.0 Å². The van der Waals surface area contributed by atoms with Gasteiger partial charge in [0.05, 0.1) is 11.8 Å². The van der Waals surface area contributed by atoms with Crippen LogP contribution in [0.2, 0.25) is 0 Å². The monoisotopic (exact) mass is 483 g/mol. The maximum absolute atomic E-state index is 13.0. The zero-order valence-electron chi connectivity index (χ0n) is 19.0. The van der Waals surface area contributed by atoms with Gasteiger partial charge in [-0.3, -0.25) is 9.79 Å². The molecule has 2 fully saturated rings. The van der Waals surface area contributed by atoms with Crippen molar-refractivity contribution in [3.8, 4) is 0 Å². The molecule has 0 aromatic heterocycles. The fourth-order valence-corrected chi connectivity index (χ4v) is 6.45. The molecule has 3 heterocycles. The molecule has 1 atom stereocenters. The predicted octanol–water partition coefficient (Wildman–Crippen LogP) is 1.75. The second-order valence-electron chi connectivity index (χ2n) is 8.94. The van der Waals surface area contributed by atoms with Crippen LogP contribution in [0, 0.1) is 13.8 Å². The third-order valence-corrected chi connectivity index (χ3v) is 8.80. The second-order valence-corrected chi connectivity index (χ2v) is 11.0. The molecule has 178 valence electrons. The molecule has 2 saturated heterocycles. The summed E-state index contributed by atoms with van der Waals surface area (Å²) in [5, 5.41) is 9.46. The van der Waals surface area contributed by atoms with Crippen molar-refractivity contribution in [2.45, 2.75) is 57.5 Å². The van der Waals surface area contributed by atoms with E-state index in [0.29, 0.717) is 32.4 Å². The van der Waals surface area contributed by atoms with Crippen molar-refractivity contribution >= 4 is 39.9 Å². The summed E-state index contributed by atoms with van der Waals surface area (Å²) in [6, 6.07) is 4.21. The Hall–Kier alpha value is -1.68. The van der Waals surface area contributed by atoms with Crippen molar-refractivity contribution in [3.05, 3.63) is 28.8 Å². The highest BCUT2D eigenvalue weighted by atomic mass is 35.5. The zero-order valence-corrected chi connectivity index (χ0v) is 20.7. The van der Waals surface area contributed by atoms with Crippen molar-refractivity contribution in [2.75, 3.05) is 37.8 Å². The lowest BCUT2D eigenvalue weighted by Gasteiger charge is -2.34. The van der Waals surface area contributed by atoms with Gasteiger partial charge < -0.3 is 16.0 Å². The quantitative estimate of drug-likeness (QED) is 0.572. The Morgan fingerprint density at radius 1 is 1.22 bits per heavy atom. The van der Waals surface area contributed by atoms with Crippen LogP contribution in [0.4, 0.5) is 5.69 Å². The number of halogens is 1. The average molecular weight is 484 g/mol. The van der Waals surface area contributed by atoms with Gasteiger partial charge in [-0.1, -0.05) is 0 Å². The molecule has 1 aromatic rings. The third-order valence-electron chi connectivity index (χ3n) is 6.93. The van der Waals surface area contributed by atoms with E-state index in [1.165, 1.54) is 0 Å². The number of aryl methyl sites for hydroxylation is 2. The Bertz CT molecular complexity index is 974. The number of hydrogen-bond acceptors (Lipinski definition) is 6. The molecule has 3 aliphatic heterocycles. The molecule has 0 aliphatic carbocycles. The Balaban J connectivity index is 0.00000289. The standard InChI is InChI=1S/C22H33N5O3S.ClH/c1-15-13-17(23-3)14-16(2)18(15)6-12-31(29,30)27-10-7-22(8-11-27)21(28)25-20(26-22)19-5-4-9-24-19;/h13-14,19,23-24H,4-12H2,1-3H3,(H,25,26,28);1H. The van der Waals surface area contributed by atoms with Gasteiger partial charge in [-0.05, 0) is 81.3 Å². The fourth-order valence-electron chi connectivity index (χ4n) is 4.99. The Morgan fingerprint density at radius 3 is 2.44 bits per heavy atom. The molecule has 0 radical (unpaired) electrons. The van der Waals surface area contributed by atoms with E-state index < -0.39 is 15.6 Å². The highest BCUT2D eigenvalue weighted by molar-refractivity contribution is 7.89. The van der Waals surface area contributed by atoms with Gasteiger partial charge in [-0.2, -0.15) is 0 Å². The normalized spacial score (nSPS) is 23.0. The summed E-state index contributed by atoms with van der Waals surface area (Å²) in [4.78, 5) is 17.4. The Morgan fingerprint density at radius 2 is 1.88 bits per heavy atom. The average Bonchev–Trinajstić information content (AvgIpc) is 3.37. The van der Waals surface area contributed by atoms with Crippen LogP contribution in [0.3, 0.4) is 0 Å². The van der Waals surface area contributed by atoms with Gasteiger partial charge in [0.25, 0.3) is 5.91 Å². The van der Waals surface area contributed by atoms with Crippen molar-refractivity contribution in [1.82, 2.24) is 14.9 Å². The van der Waals surface area contributed by atoms with Crippen LogP contribution >= 0.6 is 12.4 Å². The van der Waals surface area contributed by atoms with Crippen LogP contribution < -0.4 is 16.0 Å². The van der Waals surface area contributed by atoms with E-state index >= 15 is 0 Å². The van der Waals surface area contributed by atoms with E-state index in [1.807, 2.05) is 33.0 Å². The number of carbonyl (C=O) groups excluding carboxylic acids is 1. The number of anilines is 1. The molecule has 1 spiro atoms. The van der Waals surface area contributed by atoms with Crippen LogP contribution in [-0.2, 0) is 21.2 Å². The summed E-state index contributed by atoms with van der Waals surface area (Å²) in [5.74, 6) is 0.728. The van der Waals surface area contributed by atoms with E-state index in [1.54, 1.807) is 4.31 Å². The summed E-state index contributed by atoms with van der Waals surface area (Å²) in [5.41, 5.74) is 3.52. The van der Waals surface area contributed by atoms with Crippen LogP contribution in [0.15, 0.2) is 17.1 Å². The number of aliphatic imine (C=N–C) groups is 1. The molecule has 10 heteroatoms. The van der Waals surface area contributed by atoms with E-state index in [9.17, 15) is 13.2 Å². The number of nitrogens with zero attached hydrogens (tertiary/aromatic N) is 2. The van der Waals surface area contributed by atoms with Crippen molar-refractivity contribution in [2.24, 2.45) is 4.99 Å². The maximum Gasteiger partial charge on any atom is 0.253 e. The summed E-state index contributed by atoms with van der Waals surface area (Å²) >= 11 is 0. The molecule has 0 saturated carbocycles. The van der Waals surface area contributed by atoms with Crippen molar-refractivity contribution < 1.29 is 13.2 Å². The zero-order chi connectivity index (χ0) is 22.2. The summed E-state index contributed by atoms with van der Waals surface area (Å²) in [6.07, 6.45) is 3.41. The number of benzene rings is 1. The molecule has 1 unspecified atom stereocenters. The number of sulfonamides is 1. The number of rotatable bonds is 6. The van der Waals surface area contributed by atoms with Gasteiger partial charge in [-0.25, -0.2) is 12.7 Å². The molecule has 1 aromatic carbocycles. The first-order valence-corrected chi connectivity index (χ1v) is 12.8. The fraction of sp³-hybridized carbons (Fsp3) is 0.636. The number of amides is 1. The minimum atomic E-state index is -3.40. The first-order valence-electron chi connectivity index (χ1n) is 11.1. The van der Waals surface area contributed by atoms with E-state index in [-0.39, 0.29) is 30.1 Å². The number of hydrogen-bond donors (Lipinski definition) is 3. The van der Waals surface area contributed by atoms with E-state index in [0.717, 1.165) is 47.6 Å². The van der Waals surface area contributed by atoms with Gasteiger partial charge in [0.1, 0.15) is 11.4 Å². The molecular formula is C22H34ClN5O3S. The first-order chi connectivity index (χ1) is 14.7. The van der Waals surface area contributed by atoms with Gasteiger partial charge in [0.15, 0.2) is 0 Å². The van der Waals surface area contributed by atoms with Crippen molar-refractivity contribution in [3.63, 3.8) is 0 Å². The molecule has 8 nitrogen and oxygen atoms in total. The summed E-state index contributed by atoms with van der Waals surface area (Å²) < 4.78 is 27.6. The predicted molar refractivity (Wildman–Crippen MR) is 130 cm³/mol. The number of piperidine rings is 1. The van der Waals surface area contributed by atoms with Crippen molar-refractivity contribution in [1.29, 1.82) is 0 Å². The van der Waals surface area contributed by atoms with Gasteiger partial charge >= 0.3 is 0 Å². The second kappa shape index (κ2) is 9.67. The minimum absolute atomic E-state index is 0. The van der Waals surface area contributed by atoms with Crippen LogP contribution in [-0.4, -0.2) is 68.5 Å². The smallest absolute Gasteiger partial charge is 0.253 e. The Kier molecular flexibility index (Phi) is 7.54. The SMILES string of the molecule is CNc1cc(C)c(CCS(=O)(=O)N2CCC3(CC2)N=C(C2CCCN2)NC3=O)c(C)c1.Cl. The van der Waals surface area contributed by atoms with E-state index in [4.69, 9.17) is 4.99 Å². The molecular weight excluding hydrogens is 450 g/mol. The lowest BCUT2D eigenvalue weighted by atomic mass is 9.89. The highest BCUT2D eigenvalue weighted by Gasteiger charge is 2.48. The van der Waals surface area contributed by atoms with Crippen LogP contribution in [0.5, 0.6) is 0 Å². The molecule has 1 amide bonds. The number of carbonyl (C=O) groups is 1. The number of amidine groups is 1. The number of nitrogens with one attached hydrogen (secondary N) is 3. The third kappa shape index (κ3) is 4.81. The summed E-state index contributed by atoms with van der Waals surface area (Å²) in [7, 11) is -1.52. The molecule has 3 N–H and O–H groups in total. The lowest BCUT2D eigenvalue weighted by Crippen LogP contribution is -2.51. The lowest BCUT2D eigenvalue weighted by molar-refractivity contribution is -0.124. The molecule has 0 bridgehead atoms. The summed E-state index contributed by atoms with van der Waals surface area (Å²) in [6.45, 7) is 5.65. The van der Waals surface area contributed by atoms with Crippen LogP contribution in [0.1, 0.15) is 42.4 Å². The Labute approximate surface area is 197 Å². The van der Waals surface area contributed by atoms with Gasteiger partial charge in [-0.15, -0.1) is 12.4 Å². The highest BCUT2D eigenvalue weighted by Crippen LogP contribution is 2.32. The first kappa shape index (κ1) is 25.0. The molecule has 32 heavy (non-hydrogen) atoms.